The number of benzodiazepines with no additional fused rings is 1. The maximum absolute atomic E-state index is 14.2. The van der Waals surface area contributed by atoms with E-state index in [1.165, 1.54) is 17.0 Å². The van der Waals surface area contributed by atoms with Crippen LogP contribution in [0.1, 0.15) is 67.7 Å². The van der Waals surface area contributed by atoms with Crippen LogP contribution in [-0.2, 0) is 22.3 Å². The van der Waals surface area contributed by atoms with E-state index in [9.17, 15) is 27.9 Å². The molecule has 10 heteroatoms. The monoisotopic (exact) mass is 592 g/mol. The van der Waals surface area contributed by atoms with E-state index < -0.39 is 41.7 Å². The summed E-state index contributed by atoms with van der Waals surface area (Å²) in [5.41, 5.74) is 1.63. The fourth-order valence-electron chi connectivity index (χ4n) is 5.42. The average Bonchev–Trinajstić information content (AvgIpc) is 3.84. The van der Waals surface area contributed by atoms with Crippen LogP contribution in [0.5, 0.6) is 0 Å². The summed E-state index contributed by atoms with van der Waals surface area (Å²) < 4.78 is 40.0. The Hall–Kier alpha value is -4.05. The number of unbranched alkanes of at least 4 members (excludes halogenated alkanes) is 1. The maximum Gasteiger partial charge on any atom is 0.416 e. The summed E-state index contributed by atoms with van der Waals surface area (Å²) in [5.74, 6) is -1.31. The number of nitrogens with zero attached hydrogens (tertiary/aromatic N) is 3. The van der Waals surface area contributed by atoms with Crippen LogP contribution in [0.2, 0.25) is 0 Å². The predicted molar refractivity (Wildman–Crippen MR) is 157 cm³/mol. The molecule has 0 unspecified atom stereocenters. The van der Waals surface area contributed by atoms with Crippen molar-refractivity contribution in [2.24, 2.45) is 16.8 Å². The molecule has 2 amide bonds. The molecular weight excluding hydrogens is 557 g/mol. The number of aliphatic imine (C=N–C) groups is 1. The molecule has 0 radical (unpaired) electrons. The standard InChI is InChI=1S/C33H35F3N4O3/c1-2-3-10-28(41)26(18-21-11-12-21)31(42)39-30-32(43)40(20-22-7-6-17-37-19-22)27-9-5-4-8-25(27)29(38-30)23-13-15-24(16-14-23)33(34,35)36/h4-9,13-17,19,21,26,28,30,41H,2-3,10-12,18,20H2,1H3,(H,39,42)/t26-,28+,30-/m1/s1. The van der Waals surface area contributed by atoms with Crippen molar-refractivity contribution in [3.8, 4) is 0 Å². The van der Waals surface area contributed by atoms with E-state index in [1.54, 1.807) is 42.7 Å². The first-order chi connectivity index (χ1) is 20.7. The Bertz CT molecular complexity index is 1460. The fourth-order valence-corrected chi connectivity index (χ4v) is 5.42. The zero-order valence-corrected chi connectivity index (χ0v) is 23.9. The Balaban J connectivity index is 1.55. The van der Waals surface area contributed by atoms with Crippen molar-refractivity contribution < 1.29 is 27.9 Å². The van der Waals surface area contributed by atoms with Gasteiger partial charge in [-0.15, -0.1) is 0 Å². The molecule has 3 atom stereocenters. The number of benzene rings is 2. The number of halogens is 3. The zero-order valence-electron chi connectivity index (χ0n) is 23.9. The molecule has 0 spiro atoms. The number of hydrogen-bond donors (Lipinski definition) is 2. The first kappa shape index (κ1) is 30.4. The van der Waals surface area contributed by atoms with Gasteiger partial charge in [0.05, 0.1) is 35.5 Å². The summed E-state index contributed by atoms with van der Waals surface area (Å²) in [6.07, 6.45) is 1.16. The van der Waals surface area contributed by atoms with Gasteiger partial charge < -0.3 is 15.3 Å². The van der Waals surface area contributed by atoms with Crippen LogP contribution in [0.4, 0.5) is 18.9 Å². The molecule has 2 aliphatic rings. The molecule has 7 nitrogen and oxygen atoms in total. The summed E-state index contributed by atoms with van der Waals surface area (Å²) in [7, 11) is 0. The second-order valence-corrected chi connectivity index (χ2v) is 11.3. The number of hydrogen-bond acceptors (Lipinski definition) is 5. The van der Waals surface area contributed by atoms with E-state index in [1.807, 2.05) is 13.0 Å². The number of rotatable bonds is 11. The van der Waals surface area contributed by atoms with Gasteiger partial charge in [0.15, 0.2) is 0 Å². The third-order valence-corrected chi connectivity index (χ3v) is 7.98. The Labute approximate surface area is 248 Å². The van der Waals surface area contributed by atoms with E-state index in [-0.39, 0.29) is 12.3 Å². The average molecular weight is 593 g/mol. The maximum atomic E-state index is 14.2. The van der Waals surface area contributed by atoms with Gasteiger partial charge >= 0.3 is 6.18 Å². The number of alkyl halides is 3. The van der Waals surface area contributed by atoms with Crippen LogP contribution < -0.4 is 10.2 Å². The minimum atomic E-state index is -4.51. The van der Waals surface area contributed by atoms with Crippen molar-refractivity contribution in [1.29, 1.82) is 0 Å². The van der Waals surface area contributed by atoms with Gasteiger partial charge in [-0.05, 0) is 48.6 Å². The molecular formula is C33H35F3N4O3. The number of carbonyl (C=O) groups excluding carboxylic acids is 2. The molecule has 1 saturated carbocycles. The number of para-hydroxylation sites is 1. The lowest BCUT2D eigenvalue weighted by Crippen LogP contribution is -2.50. The highest BCUT2D eigenvalue weighted by molar-refractivity contribution is 6.20. The molecule has 5 rings (SSSR count). The van der Waals surface area contributed by atoms with Crippen LogP contribution >= 0.6 is 0 Å². The highest BCUT2D eigenvalue weighted by Crippen LogP contribution is 2.37. The van der Waals surface area contributed by atoms with Gasteiger partial charge in [0.2, 0.25) is 12.1 Å². The SMILES string of the molecule is CCCC[C@H](O)[C@@H](CC1CC1)C(=O)N[C@H]1N=C(c2ccc(C(F)(F)F)cc2)c2ccccc2N(Cc2cccnc2)C1=O. The van der Waals surface area contributed by atoms with Gasteiger partial charge in [-0.25, -0.2) is 4.99 Å². The van der Waals surface area contributed by atoms with Crippen molar-refractivity contribution in [2.45, 2.75) is 70.4 Å². The third-order valence-electron chi connectivity index (χ3n) is 7.98. The molecule has 1 fully saturated rings. The third kappa shape index (κ3) is 7.30. The molecule has 0 saturated heterocycles. The number of aliphatic hydroxyl groups is 1. The predicted octanol–water partition coefficient (Wildman–Crippen LogP) is 5.89. The number of aromatic nitrogens is 1. The Kier molecular flexibility index (Phi) is 9.25. The van der Waals surface area contributed by atoms with E-state index in [2.05, 4.69) is 10.3 Å². The van der Waals surface area contributed by atoms with Crippen LogP contribution in [-0.4, -0.2) is 39.9 Å². The highest BCUT2D eigenvalue weighted by atomic mass is 19.4. The van der Waals surface area contributed by atoms with E-state index >= 15 is 0 Å². The van der Waals surface area contributed by atoms with E-state index in [0.29, 0.717) is 35.6 Å². The molecule has 1 aliphatic carbocycles. The van der Waals surface area contributed by atoms with E-state index in [4.69, 9.17) is 4.99 Å². The van der Waals surface area contributed by atoms with Crippen LogP contribution in [0.15, 0.2) is 78.0 Å². The van der Waals surface area contributed by atoms with Gasteiger partial charge in [0, 0.05) is 23.5 Å². The van der Waals surface area contributed by atoms with E-state index in [0.717, 1.165) is 43.4 Å². The minimum absolute atomic E-state index is 0.135. The van der Waals surface area contributed by atoms with Crippen molar-refractivity contribution in [3.63, 3.8) is 0 Å². The topological polar surface area (TPSA) is 94.9 Å². The van der Waals surface area contributed by atoms with Crippen molar-refractivity contribution in [3.05, 3.63) is 95.3 Å². The van der Waals surface area contributed by atoms with Crippen molar-refractivity contribution in [1.82, 2.24) is 10.3 Å². The molecule has 1 aliphatic heterocycles. The molecule has 226 valence electrons. The molecule has 1 aromatic heterocycles. The lowest BCUT2D eigenvalue weighted by Gasteiger charge is -2.27. The summed E-state index contributed by atoms with van der Waals surface area (Å²) in [4.78, 5) is 38.3. The quantitative estimate of drug-likeness (QED) is 0.290. The molecule has 2 aromatic carbocycles. The van der Waals surface area contributed by atoms with Gasteiger partial charge in [-0.3, -0.25) is 14.6 Å². The van der Waals surface area contributed by atoms with Crippen molar-refractivity contribution in [2.75, 3.05) is 4.90 Å². The largest absolute Gasteiger partial charge is 0.416 e. The second-order valence-electron chi connectivity index (χ2n) is 11.3. The summed E-state index contributed by atoms with van der Waals surface area (Å²) in [6, 6.07) is 15.2. The smallest absolute Gasteiger partial charge is 0.392 e. The van der Waals surface area contributed by atoms with Crippen LogP contribution in [0.3, 0.4) is 0 Å². The number of pyridine rings is 1. The number of anilines is 1. The van der Waals surface area contributed by atoms with Gasteiger partial charge in [-0.1, -0.05) is 69.0 Å². The summed E-state index contributed by atoms with van der Waals surface area (Å²) >= 11 is 0. The van der Waals surface area contributed by atoms with Gasteiger partial charge in [0.1, 0.15) is 0 Å². The fraction of sp³-hybridized carbons (Fsp3) is 0.394. The number of nitrogens with one attached hydrogen (secondary N) is 1. The summed E-state index contributed by atoms with van der Waals surface area (Å²) in [5, 5.41) is 13.8. The van der Waals surface area contributed by atoms with Gasteiger partial charge in [0.25, 0.3) is 5.91 Å². The van der Waals surface area contributed by atoms with Crippen molar-refractivity contribution >= 4 is 23.2 Å². The Morgan fingerprint density at radius 2 is 1.84 bits per heavy atom. The lowest BCUT2D eigenvalue weighted by atomic mass is 9.91. The van der Waals surface area contributed by atoms with Gasteiger partial charge in [-0.2, -0.15) is 13.2 Å². The highest BCUT2D eigenvalue weighted by Gasteiger charge is 2.38. The van der Waals surface area contributed by atoms with Crippen LogP contribution in [0.25, 0.3) is 0 Å². The Morgan fingerprint density at radius 3 is 2.49 bits per heavy atom. The Morgan fingerprint density at radius 1 is 1.09 bits per heavy atom. The number of fused-ring (bicyclic) bond motifs is 1. The molecule has 3 aromatic rings. The first-order valence-electron chi connectivity index (χ1n) is 14.7. The number of aliphatic hydroxyl groups excluding tert-OH is 1. The second kappa shape index (κ2) is 13.1. The molecule has 43 heavy (non-hydrogen) atoms. The lowest BCUT2D eigenvalue weighted by molar-refractivity contribution is -0.137. The molecule has 2 N–H and O–H groups in total. The number of carbonyl (C=O) groups is 2. The summed E-state index contributed by atoms with van der Waals surface area (Å²) in [6.45, 7) is 2.15. The molecule has 0 bridgehead atoms. The minimum Gasteiger partial charge on any atom is -0.392 e. The zero-order chi connectivity index (χ0) is 30.6. The number of amides is 2. The molecule has 2 heterocycles. The normalized spacial score (nSPS) is 18.3. The van der Waals surface area contributed by atoms with Crippen LogP contribution in [0, 0.1) is 11.8 Å². The first-order valence-corrected chi connectivity index (χ1v) is 14.7.